The lowest BCUT2D eigenvalue weighted by Gasteiger charge is -2.35. The molecule has 272 valence electrons. The molecule has 0 saturated carbocycles. The molecular weight excluding hydrogens is 717 g/mol. The molecule has 0 aliphatic carbocycles. The molecule has 10 aromatic carbocycles. The predicted octanol–water partition coefficient (Wildman–Crippen LogP) is 12.3. The van der Waals surface area contributed by atoms with Crippen LogP contribution < -0.4 is 20.7 Å². The van der Waals surface area contributed by atoms with Gasteiger partial charge in [-0.1, -0.05) is 224 Å². The number of benzene rings is 10. The third-order valence-corrected chi connectivity index (χ3v) is 16.8. The maximum absolute atomic E-state index is 7.01. The zero-order valence-electron chi connectivity index (χ0n) is 31.8. The number of fused-ring (bicyclic) bond motifs is 5. The summed E-state index contributed by atoms with van der Waals surface area (Å²) in [6.45, 7) is 0. The molecule has 11 rings (SSSR count). The van der Waals surface area contributed by atoms with E-state index in [9.17, 15) is 0 Å². The van der Waals surface area contributed by atoms with E-state index in [1.54, 1.807) is 0 Å². The minimum absolute atomic E-state index is 0.894. The number of hydrogen-bond donors (Lipinski definition) is 0. The van der Waals surface area contributed by atoms with E-state index in [0.29, 0.717) is 0 Å². The Labute approximate surface area is 339 Å². The van der Waals surface area contributed by atoms with Crippen LogP contribution in [0.2, 0.25) is 0 Å². The van der Waals surface area contributed by atoms with Crippen molar-refractivity contribution in [3.63, 3.8) is 0 Å². The van der Waals surface area contributed by atoms with E-state index >= 15 is 0 Å². The number of rotatable bonds is 7. The minimum atomic E-state index is -2.92. The van der Waals surface area contributed by atoms with Crippen LogP contribution in [0.25, 0.3) is 76.9 Å². The fraction of sp³-hybridized carbons (Fsp3) is 0. The van der Waals surface area contributed by atoms with Crippen molar-refractivity contribution >= 4 is 72.3 Å². The number of para-hydroxylation sites is 1. The van der Waals surface area contributed by atoms with Gasteiger partial charge in [-0.3, -0.25) is 0 Å². The van der Waals surface area contributed by atoms with Crippen LogP contribution in [0, 0.1) is 0 Å². The van der Waals surface area contributed by atoms with Gasteiger partial charge in [0.05, 0.1) is 0 Å². The molecule has 0 amide bonds. The Hall–Kier alpha value is -7.26. The Morgan fingerprint density at radius 2 is 0.672 bits per heavy atom. The molecule has 0 spiro atoms. The standard InChI is InChI=1S/C56H38OSi/c1-5-19-39(20-6-1)40-33-35-41(36-34-40)54-47-28-13-15-30-49(47)55(50-31-16-14-29-48(50)54)52-38-45(37-51-46-27-17-18-32-53(46)57-56(51)52)58(42-21-7-2-8-22-42,43-23-9-3-10-24-43)44-25-11-4-12-26-44/h1-38H. The van der Waals surface area contributed by atoms with Crippen LogP contribution in [-0.4, -0.2) is 8.07 Å². The normalized spacial score (nSPS) is 11.8. The zero-order valence-corrected chi connectivity index (χ0v) is 32.8. The predicted molar refractivity (Wildman–Crippen MR) is 249 cm³/mol. The summed E-state index contributed by atoms with van der Waals surface area (Å²) in [5.41, 5.74) is 8.98. The number of furan rings is 1. The molecule has 0 saturated heterocycles. The quantitative estimate of drug-likeness (QED) is 0.0897. The fourth-order valence-electron chi connectivity index (χ4n) is 9.48. The highest BCUT2D eigenvalue weighted by Crippen LogP contribution is 2.46. The molecule has 0 atom stereocenters. The van der Waals surface area contributed by atoms with Gasteiger partial charge in [0.15, 0.2) is 8.07 Å². The van der Waals surface area contributed by atoms with Crippen molar-refractivity contribution in [2.75, 3.05) is 0 Å². The van der Waals surface area contributed by atoms with Gasteiger partial charge in [0.1, 0.15) is 11.2 Å². The molecule has 58 heavy (non-hydrogen) atoms. The summed E-state index contributed by atoms with van der Waals surface area (Å²) in [4.78, 5) is 0. The largest absolute Gasteiger partial charge is 0.455 e. The SMILES string of the molecule is c1ccc(-c2ccc(-c3c4ccccc4c(-c4cc([Si](c5ccccc5)(c5ccccc5)c5ccccc5)cc5c4oc4ccccc45)c4ccccc34)cc2)cc1. The summed E-state index contributed by atoms with van der Waals surface area (Å²) >= 11 is 0. The van der Waals surface area contributed by atoms with Crippen LogP contribution in [-0.2, 0) is 0 Å². The fourth-order valence-corrected chi connectivity index (χ4v) is 14.3. The highest BCUT2D eigenvalue weighted by Gasteiger charge is 2.42. The Kier molecular flexibility index (Phi) is 8.23. The van der Waals surface area contributed by atoms with Crippen molar-refractivity contribution in [3.8, 4) is 33.4 Å². The van der Waals surface area contributed by atoms with E-state index in [1.807, 2.05) is 0 Å². The first-order chi connectivity index (χ1) is 28.8. The van der Waals surface area contributed by atoms with Crippen LogP contribution in [0.15, 0.2) is 235 Å². The topological polar surface area (TPSA) is 13.1 Å². The van der Waals surface area contributed by atoms with E-state index in [0.717, 1.165) is 27.5 Å². The van der Waals surface area contributed by atoms with E-state index < -0.39 is 8.07 Å². The van der Waals surface area contributed by atoms with Gasteiger partial charge in [-0.25, -0.2) is 0 Å². The molecule has 1 heterocycles. The molecule has 1 nitrogen and oxygen atoms in total. The van der Waals surface area contributed by atoms with Crippen molar-refractivity contribution < 1.29 is 4.42 Å². The average molecular weight is 755 g/mol. The van der Waals surface area contributed by atoms with Crippen molar-refractivity contribution in [2.24, 2.45) is 0 Å². The summed E-state index contributed by atoms with van der Waals surface area (Å²) in [5.74, 6) is 0. The Balaban J connectivity index is 1.27. The number of hydrogen-bond acceptors (Lipinski definition) is 1. The lowest BCUT2D eigenvalue weighted by atomic mass is 9.85. The molecule has 0 N–H and O–H groups in total. The molecule has 0 unspecified atom stereocenters. The minimum Gasteiger partial charge on any atom is -0.455 e. The molecule has 11 aromatic rings. The van der Waals surface area contributed by atoms with Crippen molar-refractivity contribution in [2.45, 2.75) is 0 Å². The summed E-state index contributed by atoms with van der Waals surface area (Å²) < 4.78 is 7.01. The molecule has 0 bridgehead atoms. The molecule has 1 aromatic heterocycles. The molecule has 0 aliphatic rings. The molecule has 0 fully saturated rings. The lowest BCUT2D eigenvalue weighted by Crippen LogP contribution is -2.74. The highest BCUT2D eigenvalue weighted by molar-refractivity contribution is 7.20. The summed E-state index contributed by atoms with van der Waals surface area (Å²) in [6.07, 6.45) is 0. The van der Waals surface area contributed by atoms with E-state index in [1.165, 1.54) is 70.1 Å². The van der Waals surface area contributed by atoms with Gasteiger partial charge >= 0.3 is 0 Å². The maximum atomic E-state index is 7.01. The van der Waals surface area contributed by atoms with Crippen molar-refractivity contribution in [1.29, 1.82) is 0 Å². The molecular formula is C56H38OSi. The van der Waals surface area contributed by atoms with Gasteiger partial charge in [0, 0.05) is 21.9 Å². The van der Waals surface area contributed by atoms with Crippen LogP contribution in [0.4, 0.5) is 0 Å². The van der Waals surface area contributed by atoms with Gasteiger partial charge in [-0.2, -0.15) is 0 Å². The summed E-state index contributed by atoms with van der Waals surface area (Å²) in [7, 11) is -2.92. The van der Waals surface area contributed by atoms with Crippen LogP contribution in [0.1, 0.15) is 0 Å². The second-order valence-electron chi connectivity index (χ2n) is 15.1. The zero-order chi connectivity index (χ0) is 38.5. The van der Waals surface area contributed by atoms with E-state index in [2.05, 4.69) is 231 Å². The van der Waals surface area contributed by atoms with E-state index in [-0.39, 0.29) is 0 Å². The molecule has 0 aliphatic heterocycles. The van der Waals surface area contributed by atoms with Crippen LogP contribution >= 0.6 is 0 Å². The first-order valence-corrected chi connectivity index (χ1v) is 22.0. The second-order valence-corrected chi connectivity index (χ2v) is 18.9. The Morgan fingerprint density at radius 3 is 1.19 bits per heavy atom. The smallest absolute Gasteiger partial charge is 0.179 e. The van der Waals surface area contributed by atoms with Gasteiger partial charge in [-0.05, 0) is 70.6 Å². The maximum Gasteiger partial charge on any atom is 0.179 e. The first-order valence-electron chi connectivity index (χ1n) is 20.0. The third-order valence-electron chi connectivity index (χ3n) is 12.0. The Morgan fingerprint density at radius 1 is 0.276 bits per heavy atom. The van der Waals surface area contributed by atoms with Gasteiger partial charge in [0.2, 0.25) is 0 Å². The van der Waals surface area contributed by atoms with E-state index in [4.69, 9.17) is 4.42 Å². The Bertz CT molecular complexity index is 3090. The van der Waals surface area contributed by atoms with Crippen molar-refractivity contribution in [1.82, 2.24) is 0 Å². The first kappa shape index (κ1) is 34.0. The van der Waals surface area contributed by atoms with Crippen molar-refractivity contribution in [3.05, 3.63) is 231 Å². The molecule has 0 radical (unpaired) electrons. The van der Waals surface area contributed by atoms with Crippen LogP contribution in [0.5, 0.6) is 0 Å². The third kappa shape index (κ3) is 5.38. The average Bonchev–Trinajstić information content (AvgIpc) is 3.69. The van der Waals surface area contributed by atoms with Crippen LogP contribution in [0.3, 0.4) is 0 Å². The lowest BCUT2D eigenvalue weighted by molar-refractivity contribution is 0.670. The summed E-state index contributed by atoms with van der Waals surface area (Å²) in [6, 6.07) is 84.7. The van der Waals surface area contributed by atoms with Gasteiger partial charge in [0.25, 0.3) is 0 Å². The highest BCUT2D eigenvalue weighted by atomic mass is 28.3. The second kappa shape index (κ2) is 14.0. The molecule has 2 heteroatoms. The monoisotopic (exact) mass is 754 g/mol. The summed E-state index contributed by atoms with van der Waals surface area (Å²) in [5, 5.41) is 12.4. The van der Waals surface area contributed by atoms with Gasteiger partial charge < -0.3 is 4.42 Å². The van der Waals surface area contributed by atoms with Gasteiger partial charge in [-0.15, -0.1) is 0 Å².